The molecule has 1 aromatic carbocycles. The van der Waals surface area contributed by atoms with E-state index in [9.17, 15) is 14.7 Å². The summed E-state index contributed by atoms with van der Waals surface area (Å²) >= 11 is 3.38. The van der Waals surface area contributed by atoms with Crippen LogP contribution in [0.25, 0.3) is 11.3 Å². The van der Waals surface area contributed by atoms with Gasteiger partial charge in [-0.3, -0.25) is 9.59 Å². The number of carbonyl (C=O) groups is 2. The Hall–Kier alpha value is -3.27. The van der Waals surface area contributed by atoms with Gasteiger partial charge in [0.15, 0.2) is 5.69 Å². The average Bonchev–Trinajstić information content (AvgIpc) is 3.10. The highest BCUT2D eigenvalue weighted by atomic mass is 79.9. The Balaban J connectivity index is 1.74. The number of benzene rings is 1. The third kappa shape index (κ3) is 4.67. The highest BCUT2D eigenvalue weighted by Gasteiger charge is 2.16. The van der Waals surface area contributed by atoms with Crippen LogP contribution in [0.15, 0.2) is 47.2 Å². The number of carbonyl (C=O) groups excluding carboxylic acids is 1. The fourth-order valence-electron chi connectivity index (χ4n) is 2.29. The molecule has 1 amide bonds. The van der Waals surface area contributed by atoms with Crippen molar-refractivity contribution in [2.45, 2.75) is 6.54 Å². The van der Waals surface area contributed by atoms with Crippen LogP contribution in [0.2, 0.25) is 0 Å². The lowest BCUT2D eigenvalue weighted by atomic mass is 10.2. The van der Waals surface area contributed by atoms with E-state index in [1.165, 1.54) is 12.3 Å². The minimum atomic E-state index is -1.19. The fourth-order valence-corrected chi connectivity index (χ4v) is 2.56. The van der Waals surface area contributed by atoms with Gasteiger partial charge >= 0.3 is 5.97 Å². The molecule has 0 unspecified atom stereocenters. The minimum Gasteiger partial charge on any atom is -0.505 e. The molecule has 0 spiro atoms. The summed E-state index contributed by atoms with van der Waals surface area (Å²) in [6.45, 7) is -0.0402. The number of aromatic hydroxyl groups is 1. The van der Waals surface area contributed by atoms with Gasteiger partial charge in [-0.25, -0.2) is 9.67 Å². The number of hydrogen-bond donors (Lipinski definition) is 3. The van der Waals surface area contributed by atoms with E-state index in [4.69, 9.17) is 5.11 Å². The molecule has 138 valence electrons. The predicted octanol–water partition coefficient (Wildman–Crippen LogP) is 1.67. The Morgan fingerprint density at radius 1 is 1.22 bits per heavy atom. The lowest BCUT2D eigenvalue weighted by Crippen LogP contribution is -2.29. The second kappa shape index (κ2) is 7.96. The molecular formula is C17H14BrN5O4. The molecule has 0 atom stereocenters. The molecule has 9 nitrogen and oxygen atoms in total. The number of hydrogen-bond acceptors (Lipinski definition) is 6. The number of nitrogens with zero attached hydrogens (tertiary/aromatic N) is 4. The maximum absolute atomic E-state index is 11.8. The van der Waals surface area contributed by atoms with E-state index in [1.54, 1.807) is 10.9 Å². The number of carboxylic acid groups (broad SMARTS) is 1. The van der Waals surface area contributed by atoms with Crippen molar-refractivity contribution < 1.29 is 19.8 Å². The molecule has 27 heavy (non-hydrogen) atoms. The van der Waals surface area contributed by atoms with Crippen LogP contribution in [0.4, 0.5) is 0 Å². The molecule has 2 aromatic heterocycles. The van der Waals surface area contributed by atoms with Crippen molar-refractivity contribution in [2.75, 3.05) is 6.54 Å². The van der Waals surface area contributed by atoms with Crippen LogP contribution in [0.3, 0.4) is 0 Å². The van der Waals surface area contributed by atoms with Crippen LogP contribution in [-0.2, 0) is 11.3 Å². The van der Waals surface area contributed by atoms with Gasteiger partial charge in [-0.1, -0.05) is 33.3 Å². The van der Waals surface area contributed by atoms with Gasteiger partial charge in [0, 0.05) is 16.2 Å². The zero-order valence-corrected chi connectivity index (χ0v) is 15.4. The molecule has 0 aliphatic carbocycles. The topological polar surface area (TPSA) is 130 Å². The van der Waals surface area contributed by atoms with E-state index in [1.807, 2.05) is 24.3 Å². The van der Waals surface area contributed by atoms with Crippen LogP contribution < -0.4 is 5.32 Å². The Morgan fingerprint density at radius 2 is 1.96 bits per heavy atom. The Kier molecular flexibility index (Phi) is 5.46. The molecule has 0 radical (unpaired) electrons. The largest absolute Gasteiger partial charge is 0.505 e. The van der Waals surface area contributed by atoms with Gasteiger partial charge < -0.3 is 15.5 Å². The van der Waals surface area contributed by atoms with Crippen LogP contribution in [0, 0.1) is 0 Å². The average molecular weight is 432 g/mol. The first-order chi connectivity index (χ1) is 12.9. The number of carboxylic acids is 1. The lowest BCUT2D eigenvalue weighted by molar-refractivity contribution is -0.135. The molecule has 0 saturated carbocycles. The van der Waals surface area contributed by atoms with Crippen molar-refractivity contribution in [3.63, 3.8) is 0 Å². The molecule has 0 saturated heterocycles. The molecule has 10 heteroatoms. The predicted molar refractivity (Wildman–Crippen MR) is 98.1 cm³/mol. The number of aromatic nitrogens is 4. The highest BCUT2D eigenvalue weighted by molar-refractivity contribution is 9.10. The van der Waals surface area contributed by atoms with E-state index in [2.05, 4.69) is 36.5 Å². The lowest BCUT2D eigenvalue weighted by Gasteiger charge is -2.05. The summed E-state index contributed by atoms with van der Waals surface area (Å²) in [7, 11) is 0. The normalized spacial score (nSPS) is 10.6. The van der Waals surface area contributed by atoms with Crippen molar-refractivity contribution >= 4 is 27.8 Å². The van der Waals surface area contributed by atoms with Gasteiger partial charge in [0.1, 0.15) is 18.0 Å². The number of nitrogens with one attached hydrogen (secondary N) is 1. The second-order valence-electron chi connectivity index (χ2n) is 5.60. The monoisotopic (exact) mass is 431 g/mol. The Morgan fingerprint density at radius 3 is 2.63 bits per heavy atom. The number of amides is 1. The summed E-state index contributed by atoms with van der Waals surface area (Å²) in [5.41, 5.74) is 1.74. The van der Waals surface area contributed by atoms with Crippen LogP contribution in [0.1, 0.15) is 16.1 Å². The van der Waals surface area contributed by atoms with Gasteiger partial charge in [-0.15, -0.1) is 5.10 Å². The summed E-state index contributed by atoms with van der Waals surface area (Å²) in [4.78, 5) is 26.2. The van der Waals surface area contributed by atoms with E-state index in [0.717, 1.165) is 10.0 Å². The molecule has 0 aliphatic heterocycles. The molecule has 0 fully saturated rings. The van der Waals surface area contributed by atoms with E-state index in [-0.39, 0.29) is 11.4 Å². The molecule has 3 N–H and O–H groups in total. The number of pyridine rings is 1. The Bertz CT molecular complexity index is 987. The zero-order chi connectivity index (χ0) is 19.4. The molecular weight excluding hydrogens is 418 g/mol. The summed E-state index contributed by atoms with van der Waals surface area (Å²) in [6, 6.07) is 9.12. The summed E-state index contributed by atoms with van der Waals surface area (Å²) < 4.78 is 2.63. The van der Waals surface area contributed by atoms with E-state index >= 15 is 0 Å². The minimum absolute atomic E-state index is 0.262. The van der Waals surface area contributed by atoms with Crippen molar-refractivity contribution in [1.82, 2.24) is 25.3 Å². The van der Waals surface area contributed by atoms with E-state index < -0.39 is 18.4 Å². The van der Waals surface area contributed by atoms with Crippen LogP contribution in [-0.4, -0.2) is 48.6 Å². The molecule has 3 rings (SSSR count). The Labute approximate surface area is 161 Å². The summed E-state index contributed by atoms with van der Waals surface area (Å²) in [6.07, 6.45) is 3.06. The van der Waals surface area contributed by atoms with E-state index in [0.29, 0.717) is 17.8 Å². The quantitative estimate of drug-likeness (QED) is 0.540. The number of aliphatic carboxylic acids is 1. The van der Waals surface area contributed by atoms with Crippen molar-refractivity contribution in [2.24, 2.45) is 0 Å². The molecule has 3 aromatic rings. The standard InChI is InChI=1S/C17H14BrN5O4/c18-12-3-1-10(2-4-12)8-23-9-13(21-22-23)11-5-14(24)16(19-6-11)17(27)20-7-15(25)26/h1-6,9,24H,7-8H2,(H,20,27)(H,25,26). The molecule has 2 heterocycles. The fraction of sp³-hybridized carbons (Fsp3) is 0.118. The highest BCUT2D eigenvalue weighted by Crippen LogP contribution is 2.23. The number of rotatable bonds is 6. The van der Waals surface area contributed by atoms with Crippen molar-refractivity contribution in [1.29, 1.82) is 0 Å². The zero-order valence-electron chi connectivity index (χ0n) is 13.8. The molecule has 0 aliphatic rings. The third-order valence-electron chi connectivity index (χ3n) is 3.58. The van der Waals surface area contributed by atoms with Crippen LogP contribution >= 0.6 is 15.9 Å². The van der Waals surface area contributed by atoms with Gasteiger partial charge in [-0.05, 0) is 23.8 Å². The first kappa shape index (κ1) is 18.5. The van der Waals surface area contributed by atoms with Crippen LogP contribution in [0.5, 0.6) is 5.75 Å². The maximum Gasteiger partial charge on any atom is 0.322 e. The van der Waals surface area contributed by atoms with Gasteiger partial charge in [0.05, 0.1) is 12.7 Å². The third-order valence-corrected chi connectivity index (χ3v) is 4.10. The second-order valence-corrected chi connectivity index (χ2v) is 6.51. The van der Waals surface area contributed by atoms with Gasteiger partial charge in [0.25, 0.3) is 5.91 Å². The number of halogens is 1. The molecule has 0 bridgehead atoms. The van der Waals surface area contributed by atoms with Gasteiger partial charge in [0.2, 0.25) is 0 Å². The maximum atomic E-state index is 11.8. The smallest absolute Gasteiger partial charge is 0.322 e. The SMILES string of the molecule is O=C(O)CNC(=O)c1ncc(-c2cn(Cc3ccc(Br)cc3)nn2)cc1O. The van der Waals surface area contributed by atoms with Crippen molar-refractivity contribution in [3.05, 3.63) is 58.5 Å². The van der Waals surface area contributed by atoms with Gasteiger partial charge in [-0.2, -0.15) is 0 Å². The first-order valence-corrected chi connectivity index (χ1v) is 8.55. The summed E-state index contributed by atoms with van der Waals surface area (Å²) in [5.74, 6) is -2.35. The summed E-state index contributed by atoms with van der Waals surface area (Å²) in [5, 5.41) is 28.8. The first-order valence-electron chi connectivity index (χ1n) is 7.76. The van der Waals surface area contributed by atoms with Crippen molar-refractivity contribution in [3.8, 4) is 17.0 Å².